The summed E-state index contributed by atoms with van der Waals surface area (Å²) in [5.74, 6) is 3.21. The number of hydrogen-bond donors (Lipinski definition) is 1. The lowest BCUT2D eigenvalue weighted by molar-refractivity contribution is -0.130. The summed E-state index contributed by atoms with van der Waals surface area (Å²) in [5.41, 5.74) is -0.00356. The second-order valence-electron chi connectivity index (χ2n) is 6.37. The molecular weight excluding hydrogens is 284 g/mol. The number of methoxy groups -OCH3 is 1. The molecule has 2 heterocycles. The highest BCUT2D eigenvalue weighted by molar-refractivity contribution is 7.99. The molecular formula is C17H24O3S. The molecule has 1 spiro atoms. The van der Waals surface area contributed by atoms with Crippen molar-refractivity contribution in [3.63, 3.8) is 0 Å². The summed E-state index contributed by atoms with van der Waals surface area (Å²) >= 11 is 1.96. The van der Waals surface area contributed by atoms with Crippen LogP contribution in [0, 0.1) is 5.92 Å². The van der Waals surface area contributed by atoms with Crippen LogP contribution in [-0.2, 0) is 10.3 Å². The fraction of sp³-hybridized carbons (Fsp3) is 0.647. The van der Waals surface area contributed by atoms with Crippen LogP contribution in [0.1, 0.15) is 31.7 Å². The molecule has 21 heavy (non-hydrogen) atoms. The summed E-state index contributed by atoms with van der Waals surface area (Å²) < 4.78 is 11.5. The minimum absolute atomic E-state index is 0.0143. The first-order chi connectivity index (χ1) is 10.1. The molecule has 0 radical (unpaired) electrons. The van der Waals surface area contributed by atoms with Crippen LogP contribution in [0.5, 0.6) is 5.75 Å². The van der Waals surface area contributed by atoms with Crippen molar-refractivity contribution in [2.24, 2.45) is 5.92 Å². The fourth-order valence-corrected chi connectivity index (χ4v) is 5.03. The van der Waals surface area contributed by atoms with Gasteiger partial charge in [-0.15, -0.1) is 0 Å². The average Bonchev–Trinajstić information content (AvgIpc) is 2.95. The Hall–Kier alpha value is -0.710. The number of ether oxygens (including phenoxy) is 2. The Morgan fingerprint density at radius 1 is 1.43 bits per heavy atom. The van der Waals surface area contributed by atoms with Crippen LogP contribution in [0.4, 0.5) is 0 Å². The van der Waals surface area contributed by atoms with E-state index in [4.69, 9.17) is 9.47 Å². The first kappa shape index (κ1) is 15.2. The lowest BCUT2D eigenvalue weighted by Gasteiger charge is -2.44. The Morgan fingerprint density at radius 2 is 2.24 bits per heavy atom. The summed E-state index contributed by atoms with van der Waals surface area (Å²) in [5, 5.41) is 11.2. The van der Waals surface area contributed by atoms with E-state index in [9.17, 15) is 5.11 Å². The van der Waals surface area contributed by atoms with Crippen molar-refractivity contribution in [2.45, 2.75) is 37.4 Å². The SMILES string of the molecule is COc1ccccc1C(C)(O)C1CCOC2(CCSC2)C1. The van der Waals surface area contributed by atoms with Gasteiger partial charge in [-0.25, -0.2) is 0 Å². The van der Waals surface area contributed by atoms with E-state index in [1.54, 1.807) is 7.11 Å². The zero-order valence-corrected chi connectivity index (χ0v) is 13.6. The van der Waals surface area contributed by atoms with Crippen LogP contribution >= 0.6 is 11.8 Å². The van der Waals surface area contributed by atoms with Gasteiger partial charge in [-0.1, -0.05) is 18.2 Å². The summed E-state index contributed by atoms with van der Waals surface area (Å²) in [6, 6.07) is 7.80. The standard InChI is InChI=1S/C17H24O3S/c1-16(18,14-5-3-4-6-15(14)19-2)13-7-9-20-17(11-13)8-10-21-12-17/h3-6,13,18H,7-12H2,1-2H3. The molecule has 3 atom stereocenters. The molecule has 1 aromatic carbocycles. The smallest absolute Gasteiger partial charge is 0.124 e. The Bertz CT molecular complexity index is 495. The van der Waals surface area contributed by atoms with Crippen molar-refractivity contribution in [1.29, 1.82) is 0 Å². The van der Waals surface area contributed by atoms with Gasteiger partial charge in [0.15, 0.2) is 0 Å². The molecule has 1 aromatic rings. The Balaban J connectivity index is 1.86. The molecule has 0 saturated carbocycles. The fourth-order valence-electron chi connectivity index (χ4n) is 3.65. The summed E-state index contributed by atoms with van der Waals surface area (Å²) in [4.78, 5) is 0. The maximum absolute atomic E-state index is 11.2. The van der Waals surface area contributed by atoms with Gasteiger partial charge in [0.2, 0.25) is 0 Å². The second-order valence-corrected chi connectivity index (χ2v) is 7.48. The topological polar surface area (TPSA) is 38.7 Å². The molecule has 0 amide bonds. The van der Waals surface area contributed by atoms with E-state index < -0.39 is 5.60 Å². The maximum atomic E-state index is 11.2. The van der Waals surface area contributed by atoms with E-state index in [1.807, 2.05) is 43.0 Å². The number of rotatable bonds is 3. The minimum atomic E-state index is -0.878. The molecule has 1 N–H and O–H groups in total. The van der Waals surface area contributed by atoms with Crippen molar-refractivity contribution in [1.82, 2.24) is 0 Å². The zero-order valence-electron chi connectivity index (χ0n) is 12.8. The molecule has 2 fully saturated rings. The first-order valence-electron chi connectivity index (χ1n) is 7.65. The lowest BCUT2D eigenvalue weighted by atomic mass is 9.73. The van der Waals surface area contributed by atoms with Gasteiger partial charge in [-0.3, -0.25) is 0 Å². The summed E-state index contributed by atoms with van der Waals surface area (Å²) in [6.07, 6.45) is 2.94. The van der Waals surface area contributed by atoms with Crippen LogP contribution in [0.2, 0.25) is 0 Å². The highest BCUT2D eigenvalue weighted by atomic mass is 32.2. The number of thioether (sulfide) groups is 1. The highest BCUT2D eigenvalue weighted by Crippen LogP contribution is 2.47. The van der Waals surface area contributed by atoms with Gasteiger partial charge in [0, 0.05) is 17.9 Å². The van der Waals surface area contributed by atoms with E-state index in [0.29, 0.717) is 0 Å². The molecule has 0 aliphatic carbocycles. The molecule has 2 saturated heterocycles. The monoisotopic (exact) mass is 308 g/mol. The van der Waals surface area contributed by atoms with Crippen molar-refractivity contribution >= 4 is 11.8 Å². The van der Waals surface area contributed by atoms with Crippen LogP contribution in [0.25, 0.3) is 0 Å². The van der Waals surface area contributed by atoms with Crippen LogP contribution in [-0.4, -0.2) is 35.9 Å². The van der Waals surface area contributed by atoms with Gasteiger partial charge in [0.05, 0.1) is 18.3 Å². The number of benzene rings is 1. The molecule has 3 rings (SSSR count). The van der Waals surface area contributed by atoms with Gasteiger partial charge in [0.25, 0.3) is 0 Å². The average molecular weight is 308 g/mol. The first-order valence-corrected chi connectivity index (χ1v) is 8.80. The molecule has 0 bridgehead atoms. The third kappa shape index (κ3) is 2.81. The maximum Gasteiger partial charge on any atom is 0.124 e. The predicted octanol–water partition coefficient (Wildman–Crippen LogP) is 3.21. The lowest BCUT2D eigenvalue weighted by Crippen LogP contribution is -2.46. The summed E-state index contributed by atoms with van der Waals surface area (Å²) in [6.45, 7) is 2.67. The van der Waals surface area contributed by atoms with Crippen LogP contribution in [0.15, 0.2) is 24.3 Å². The number of para-hydroxylation sites is 1. The molecule has 116 valence electrons. The zero-order chi connectivity index (χ0) is 14.9. The number of aliphatic hydroxyl groups is 1. The highest BCUT2D eigenvalue weighted by Gasteiger charge is 2.46. The second kappa shape index (κ2) is 5.82. The quantitative estimate of drug-likeness (QED) is 0.930. The van der Waals surface area contributed by atoms with Gasteiger partial charge in [0.1, 0.15) is 5.75 Å². The van der Waals surface area contributed by atoms with Crippen molar-refractivity contribution in [3.8, 4) is 5.75 Å². The molecule has 2 aliphatic rings. The third-order valence-corrected chi connectivity index (χ3v) is 6.23. The molecule has 2 aliphatic heterocycles. The summed E-state index contributed by atoms with van der Waals surface area (Å²) in [7, 11) is 1.66. The van der Waals surface area contributed by atoms with Crippen molar-refractivity contribution in [3.05, 3.63) is 29.8 Å². The molecule has 0 aromatic heterocycles. The van der Waals surface area contributed by atoms with Crippen molar-refractivity contribution < 1.29 is 14.6 Å². The third-order valence-electron chi connectivity index (χ3n) is 5.01. The van der Waals surface area contributed by atoms with Crippen LogP contribution in [0.3, 0.4) is 0 Å². The molecule has 4 heteroatoms. The van der Waals surface area contributed by atoms with E-state index >= 15 is 0 Å². The number of hydrogen-bond acceptors (Lipinski definition) is 4. The Morgan fingerprint density at radius 3 is 2.95 bits per heavy atom. The van der Waals surface area contributed by atoms with Gasteiger partial charge < -0.3 is 14.6 Å². The van der Waals surface area contributed by atoms with E-state index in [-0.39, 0.29) is 11.5 Å². The normalized spacial score (nSPS) is 32.0. The van der Waals surface area contributed by atoms with Gasteiger partial charge >= 0.3 is 0 Å². The minimum Gasteiger partial charge on any atom is -0.496 e. The largest absolute Gasteiger partial charge is 0.496 e. The van der Waals surface area contributed by atoms with Crippen LogP contribution < -0.4 is 4.74 Å². The van der Waals surface area contributed by atoms with E-state index in [2.05, 4.69) is 0 Å². The van der Waals surface area contributed by atoms with Gasteiger partial charge in [-0.05, 0) is 43.9 Å². The van der Waals surface area contributed by atoms with E-state index in [1.165, 1.54) is 5.75 Å². The molecule has 3 nitrogen and oxygen atoms in total. The van der Waals surface area contributed by atoms with E-state index in [0.717, 1.165) is 42.9 Å². The molecule has 3 unspecified atom stereocenters. The Labute approximate surface area is 131 Å². The van der Waals surface area contributed by atoms with Gasteiger partial charge in [-0.2, -0.15) is 11.8 Å². The Kier molecular flexibility index (Phi) is 4.21. The predicted molar refractivity (Wildman–Crippen MR) is 85.9 cm³/mol. The van der Waals surface area contributed by atoms with Crippen molar-refractivity contribution in [2.75, 3.05) is 25.2 Å².